The number of fused-ring (bicyclic) bond motifs is 1. The van der Waals surface area contributed by atoms with Crippen LogP contribution in [0, 0.1) is 11.7 Å². The van der Waals surface area contributed by atoms with Gasteiger partial charge >= 0.3 is 0 Å². The van der Waals surface area contributed by atoms with Crippen LogP contribution in [0.1, 0.15) is 43.9 Å². The van der Waals surface area contributed by atoms with Gasteiger partial charge in [-0.15, -0.1) is 0 Å². The van der Waals surface area contributed by atoms with Crippen LogP contribution in [0.4, 0.5) is 4.39 Å². The van der Waals surface area contributed by atoms with Gasteiger partial charge in [0.1, 0.15) is 0 Å². The summed E-state index contributed by atoms with van der Waals surface area (Å²) in [4.78, 5) is 18.0. The van der Waals surface area contributed by atoms with E-state index in [0.29, 0.717) is 37.7 Å². The summed E-state index contributed by atoms with van der Waals surface area (Å²) in [6.45, 7) is 5.77. The Bertz CT molecular complexity index is 1220. The van der Waals surface area contributed by atoms with Gasteiger partial charge in [-0.3, -0.25) is 9.48 Å². The van der Waals surface area contributed by atoms with Gasteiger partial charge in [0.05, 0.1) is 49.8 Å². The van der Waals surface area contributed by atoms with E-state index >= 15 is 0 Å². The van der Waals surface area contributed by atoms with Crippen molar-refractivity contribution in [3.8, 4) is 22.8 Å². The number of carbonyl (C=O) groups is 1. The van der Waals surface area contributed by atoms with Crippen molar-refractivity contribution in [2.24, 2.45) is 5.92 Å². The van der Waals surface area contributed by atoms with Gasteiger partial charge in [0.15, 0.2) is 5.82 Å². The highest BCUT2D eigenvalue weighted by Gasteiger charge is 2.28. The summed E-state index contributed by atoms with van der Waals surface area (Å²) in [5, 5.41) is 9.45. The Labute approximate surface area is 210 Å². The van der Waals surface area contributed by atoms with Gasteiger partial charge in [-0.05, 0) is 32.1 Å². The third-order valence-corrected chi connectivity index (χ3v) is 7.13. The lowest BCUT2D eigenvalue weighted by Gasteiger charge is -2.13. The van der Waals surface area contributed by atoms with Crippen molar-refractivity contribution in [3.05, 3.63) is 41.7 Å². The van der Waals surface area contributed by atoms with Crippen LogP contribution < -0.4 is 4.74 Å². The Balaban J connectivity index is 1.29. The number of likely N-dealkylation sites (tertiary alicyclic amines) is 1. The van der Waals surface area contributed by atoms with E-state index < -0.39 is 5.82 Å². The molecule has 5 heterocycles. The van der Waals surface area contributed by atoms with Crippen molar-refractivity contribution in [3.63, 3.8) is 0 Å². The zero-order valence-corrected chi connectivity index (χ0v) is 21.0. The maximum atomic E-state index is 14.4. The number of aromatic nitrogens is 5. The molecule has 0 aliphatic carbocycles. The van der Waals surface area contributed by atoms with Crippen molar-refractivity contribution >= 4 is 5.91 Å². The van der Waals surface area contributed by atoms with Crippen LogP contribution in [0.25, 0.3) is 16.9 Å². The average molecular weight is 497 g/mol. The Morgan fingerprint density at radius 2 is 2.08 bits per heavy atom. The first-order valence-corrected chi connectivity index (χ1v) is 12.8. The molecule has 10 heteroatoms. The second-order valence-corrected chi connectivity index (χ2v) is 9.47. The first kappa shape index (κ1) is 24.4. The third kappa shape index (κ3) is 5.00. The minimum atomic E-state index is -0.525. The fourth-order valence-corrected chi connectivity index (χ4v) is 5.24. The molecule has 36 heavy (non-hydrogen) atoms. The van der Waals surface area contributed by atoms with E-state index in [1.54, 1.807) is 10.9 Å². The fourth-order valence-electron chi connectivity index (χ4n) is 5.24. The first-order chi connectivity index (χ1) is 17.6. The molecule has 1 saturated heterocycles. The number of hydrogen-bond donors (Lipinski definition) is 0. The molecule has 0 radical (unpaired) electrons. The number of ether oxygens (including phenoxy) is 2. The van der Waals surface area contributed by atoms with Crippen LogP contribution in [-0.4, -0.2) is 68.8 Å². The minimum absolute atomic E-state index is 0.0379. The summed E-state index contributed by atoms with van der Waals surface area (Å²) >= 11 is 0. The van der Waals surface area contributed by atoms with Gasteiger partial charge in [-0.25, -0.2) is 14.1 Å². The predicted octanol–water partition coefficient (Wildman–Crippen LogP) is 3.43. The molecule has 2 aliphatic heterocycles. The second kappa shape index (κ2) is 10.8. The molecule has 192 valence electrons. The predicted molar refractivity (Wildman–Crippen MR) is 132 cm³/mol. The lowest BCUT2D eigenvalue weighted by molar-refractivity contribution is -0.127. The van der Waals surface area contributed by atoms with Crippen molar-refractivity contribution < 1.29 is 18.7 Å². The quantitative estimate of drug-likeness (QED) is 0.422. The number of hydrogen-bond acceptors (Lipinski definition) is 6. The highest BCUT2D eigenvalue weighted by molar-refractivity contribution is 5.78. The highest BCUT2D eigenvalue weighted by Crippen LogP contribution is 2.30. The molecule has 5 rings (SSSR count). The van der Waals surface area contributed by atoms with Gasteiger partial charge in [-0.2, -0.15) is 10.2 Å². The topological polar surface area (TPSA) is 87.3 Å². The van der Waals surface area contributed by atoms with E-state index in [0.717, 1.165) is 67.8 Å². The van der Waals surface area contributed by atoms with E-state index in [9.17, 15) is 9.18 Å². The molecule has 0 spiro atoms. The van der Waals surface area contributed by atoms with Crippen LogP contribution in [0.2, 0.25) is 0 Å². The number of unbranched alkanes of at least 4 members (excludes halogenated alkanes) is 1. The molecule has 1 amide bonds. The Morgan fingerprint density at radius 3 is 2.86 bits per heavy atom. The molecule has 0 bridgehead atoms. The van der Waals surface area contributed by atoms with Gasteiger partial charge < -0.3 is 14.4 Å². The molecule has 1 atom stereocenters. The zero-order chi connectivity index (χ0) is 25.1. The molecule has 0 N–H and O–H groups in total. The van der Waals surface area contributed by atoms with Crippen LogP contribution >= 0.6 is 0 Å². The highest BCUT2D eigenvalue weighted by atomic mass is 19.1. The van der Waals surface area contributed by atoms with E-state index in [2.05, 4.69) is 10.1 Å². The average Bonchev–Trinajstić information content (AvgIpc) is 3.54. The van der Waals surface area contributed by atoms with E-state index in [1.165, 1.54) is 13.2 Å². The van der Waals surface area contributed by atoms with Crippen molar-refractivity contribution in [2.45, 2.75) is 52.0 Å². The van der Waals surface area contributed by atoms with Crippen LogP contribution in [0.3, 0.4) is 0 Å². The second-order valence-electron chi connectivity index (χ2n) is 9.47. The number of rotatable bonds is 9. The molecule has 3 aromatic rings. The molecule has 0 aromatic carbocycles. The number of halogens is 1. The molecule has 0 saturated carbocycles. The largest absolute Gasteiger partial charge is 0.479 e. The van der Waals surface area contributed by atoms with Crippen molar-refractivity contribution in [1.82, 2.24) is 29.4 Å². The number of amides is 1. The summed E-state index contributed by atoms with van der Waals surface area (Å²) < 4.78 is 28.8. The van der Waals surface area contributed by atoms with Gasteiger partial charge in [0.2, 0.25) is 11.8 Å². The summed E-state index contributed by atoms with van der Waals surface area (Å²) in [6.07, 6.45) is 10.7. The SMILES string of the molecule is CCN1CC(CCCCn2cc(-c3nn(-c4cnc(OC)c(F)c4)c4c3CCOCC4)cn2)CC1=O. The maximum Gasteiger partial charge on any atom is 0.250 e. The zero-order valence-electron chi connectivity index (χ0n) is 21.0. The lowest BCUT2D eigenvalue weighted by atomic mass is 10.0. The Hall–Kier alpha value is -3.27. The van der Waals surface area contributed by atoms with Gasteiger partial charge in [-0.1, -0.05) is 6.42 Å². The number of methoxy groups -OCH3 is 1. The Kier molecular flexibility index (Phi) is 7.31. The normalized spacial score (nSPS) is 17.9. The summed E-state index contributed by atoms with van der Waals surface area (Å²) in [5.41, 5.74) is 4.46. The maximum absolute atomic E-state index is 14.4. The number of nitrogens with zero attached hydrogens (tertiary/aromatic N) is 6. The van der Waals surface area contributed by atoms with E-state index in [4.69, 9.17) is 14.6 Å². The van der Waals surface area contributed by atoms with Crippen LogP contribution in [0.5, 0.6) is 5.88 Å². The smallest absolute Gasteiger partial charge is 0.250 e. The minimum Gasteiger partial charge on any atom is -0.479 e. The van der Waals surface area contributed by atoms with Crippen LogP contribution in [-0.2, 0) is 28.9 Å². The number of aryl methyl sites for hydroxylation is 1. The van der Waals surface area contributed by atoms with Crippen LogP contribution in [0.15, 0.2) is 24.7 Å². The molecular weight excluding hydrogens is 463 g/mol. The molecule has 1 fully saturated rings. The molecule has 9 nitrogen and oxygen atoms in total. The number of pyridine rings is 1. The molecular formula is C26H33FN6O3. The molecule has 1 unspecified atom stereocenters. The standard InChI is InChI=1S/C26H33FN6O3/c1-3-31-16-18(12-24(31)34)6-4-5-9-32-17-19(14-29-32)25-21-7-10-36-11-8-23(21)33(30-25)20-13-22(27)26(35-2)28-15-20/h13-15,17-18H,3-12,16H2,1-2H3. The molecule has 3 aromatic heterocycles. The fraction of sp³-hybridized carbons (Fsp3) is 0.538. The van der Waals surface area contributed by atoms with Crippen molar-refractivity contribution in [1.29, 1.82) is 0 Å². The van der Waals surface area contributed by atoms with Gasteiger partial charge in [0, 0.05) is 55.9 Å². The van der Waals surface area contributed by atoms with Gasteiger partial charge in [0.25, 0.3) is 0 Å². The van der Waals surface area contributed by atoms with Crippen molar-refractivity contribution in [2.75, 3.05) is 33.4 Å². The third-order valence-electron chi connectivity index (χ3n) is 7.13. The lowest BCUT2D eigenvalue weighted by Crippen LogP contribution is -2.24. The summed E-state index contributed by atoms with van der Waals surface area (Å²) in [7, 11) is 1.40. The monoisotopic (exact) mass is 496 g/mol. The summed E-state index contributed by atoms with van der Waals surface area (Å²) in [6, 6.07) is 1.40. The number of carbonyl (C=O) groups excluding carboxylic acids is 1. The summed E-state index contributed by atoms with van der Waals surface area (Å²) in [5.74, 6) is 0.202. The molecule has 2 aliphatic rings. The van der Waals surface area contributed by atoms with E-state index in [-0.39, 0.29) is 11.8 Å². The first-order valence-electron chi connectivity index (χ1n) is 12.8. The Morgan fingerprint density at radius 1 is 1.22 bits per heavy atom. The van der Waals surface area contributed by atoms with E-state index in [1.807, 2.05) is 28.9 Å².